The highest BCUT2D eigenvalue weighted by Gasteiger charge is 2.21. The smallest absolute Gasteiger partial charge is 0.238 e. The van der Waals surface area contributed by atoms with E-state index in [2.05, 4.69) is 20.3 Å². The van der Waals surface area contributed by atoms with Crippen molar-refractivity contribution in [2.75, 3.05) is 5.06 Å². The molecule has 0 unspecified atom stereocenters. The molecular formula is C17H16ClFN6O4S. The number of anilines is 1. The number of rotatable bonds is 7. The third-order valence-corrected chi connectivity index (χ3v) is 5.23. The molecule has 30 heavy (non-hydrogen) atoms. The van der Waals surface area contributed by atoms with Gasteiger partial charge in [0.1, 0.15) is 11.5 Å². The molecule has 13 heteroatoms. The number of nitrogens with one attached hydrogen (secondary N) is 2. The van der Waals surface area contributed by atoms with Gasteiger partial charge >= 0.3 is 0 Å². The van der Waals surface area contributed by atoms with Gasteiger partial charge in [-0.2, -0.15) is 0 Å². The minimum absolute atomic E-state index is 0.00613. The Hall–Kier alpha value is -2.90. The van der Waals surface area contributed by atoms with Gasteiger partial charge in [-0.05, 0) is 41.1 Å². The molecule has 3 aromatic rings. The van der Waals surface area contributed by atoms with Gasteiger partial charge in [0, 0.05) is 13.1 Å². The average Bonchev–Trinajstić information content (AvgIpc) is 3.17. The largest absolute Gasteiger partial charge is 0.307 e. The number of nitrogens with two attached hydrogens (primary N) is 1. The topological polar surface area (TPSA) is 158 Å². The Kier molecular flexibility index (Phi) is 6.43. The van der Waals surface area contributed by atoms with Crippen LogP contribution < -0.4 is 15.5 Å². The van der Waals surface area contributed by atoms with Crippen LogP contribution in [0.25, 0.3) is 0 Å². The van der Waals surface area contributed by atoms with Crippen molar-refractivity contribution in [1.29, 1.82) is 5.41 Å². The number of benzene rings is 2. The van der Waals surface area contributed by atoms with Gasteiger partial charge in [0.25, 0.3) is 0 Å². The number of hydroxylamine groups is 1. The number of amidine groups is 1. The third-order valence-electron chi connectivity index (χ3n) is 4.01. The predicted molar refractivity (Wildman–Crippen MR) is 105 cm³/mol. The molecule has 0 spiro atoms. The fourth-order valence-electron chi connectivity index (χ4n) is 2.47. The molecule has 0 saturated carbocycles. The summed E-state index contributed by atoms with van der Waals surface area (Å²) < 4.78 is 40.5. The van der Waals surface area contributed by atoms with Crippen molar-refractivity contribution < 1.29 is 22.6 Å². The molecule has 1 heterocycles. The van der Waals surface area contributed by atoms with Crippen LogP contribution in [-0.4, -0.2) is 29.8 Å². The maximum absolute atomic E-state index is 13.3. The summed E-state index contributed by atoms with van der Waals surface area (Å²) in [5.41, 5.74) is 1.05. The zero-order valence-corrected chi connectivity index (χ0v) is 16.8. The SMILES string of the molecule is N=C(c1nonc1CNCc1ccc(S(N)(=O)=O)cc1)N(O)c1ccc(F)c(Cl)c1. The number of nitrogens with zero attached hydrogens (tertiary/aromatic N) is 3. The summed E-state index contributed by atoms with van der Waals surface area (Å²) in [5.74, 6) is -1.11. The number of hydrogen-bond donors (Lipinski definition) is 4. The summed E-state index contributed by atoms with van der Waals surface area (Å²) in [6, 6.07) is 9.44. The Morgan fingerprint density at radius 3 is 2.57 bits per heavy atom. The normalized spacial score (nSPS) is 11.5. The van der Waals surface area contributed by atoms with Crippen LogP contribution in [0, 0.1) is 11.2 Å². The van der Waals surface area contributed by atoms with E-state index in [1.165, 1.54) is 18.2 Å². The molecule has 10 nitrogen and oxygen atoms in total. The lowest BCUT2D eigenvalue weighted by atomic mass is 10.2. The minimum Gasteiger partial charge on any atom is -0.307 e. The van der Waals surface area contributed by atoms with E-state index in [1.807, 2.05) is 0 Å². The Morgan fingerprint density at radius 1 is 1.23 bits per heavy atom. The molecule has 0 atom stereocenters. The number of hydrogen-bond acceptors (Lipinski definition) is 8. The van der Waals surface area contributed by atoms with E-state index in [4.69, 9.17) is 22.1 Å². The van der Waals surface area contributed by atoms with Crippen LogP contribution in [0.1, 0.15) is 17.0 Å². The van der Waals surface area contributed by atoms with Gasteiger partial charge in [-0.1, -0.05) is 28.9 Å². The Morgan fingerprint density at radius 2 is 1.93 bits per heavy atom. The average molecular weight is 455 g/mol. The molecule has 0 amide bonds. The summed E-state index contributed by atoms with van der Waals surface area (Å²) in [6.07, 6.45) is 0. The Labute approximate surface area is 175 Å². The van der Waals surface area contributed by atoms with Crippen LogP contribution in [0.5, 0.6) is 0 Å². The van der Waals surface area contributed by atoms with E-state index >= 15 is 0 Å². The molecular weight excluding hydrogens is 439 g/mol. The molecule has 158 valence electrons. The molecule has 0 bridgehead atoms. The molecule has 0 radical (unpaired) electrons. The zero-order chi connectivity index (χ0) is 21.9. The van der Waals surface area contributed by atoms with Crippen LogP contribution in [-0.2, 0) is 23.1 Å². The monoisotopic (exact) mass is 454 g/mol. The zero-order valence-electron chi connectivity index (χ0n) is 15.2. The van der Waals surface area contributed by atoms with E-state index in [0.717, 1.165) is 17.7 Å². The number of halogens is 2. The highest BCUT2D eigenvalue weighted by molar-refractivity contribution is 7.89. The van der Waals surface area contributed by atoms with Crippen LogP contribution in [0.15, 0.2) is 52.0 Å². The Bertz CT molecular complexity index is 1170. The van der Waals surface area contributed by atoms with Gasteiger partial charge < -0.3 is 5.32 Å². The lowest BCUT2D eigenvalue weighted by Gasteiger charge is -2.16. The summed E-state index contributed by atoms with van der Waals surface area (Å²) in [7, 11) is -3.76. The maximum atomic E-state index is 13.3. The van der Waals surface area contributed by atoms with E-state index < -0.39 is 21.7 Å². The van der Waals surface area contributed by atoms with Crippen molar-refractivity contribution in [3.8, 4) is 0 Å². The summed E-state index contributed by atoms with van der Waals surface area (Å²) >= 11 is 5.70. The molecule has 5 N–H and O–H groups in total. The second kappa shape index (κ2) is 8.85. The van der Waals surface area contributed by atoms with Crippen LogP contribution in [0.4, 0.5) is 10.1 Å². The fraction of sp³-hybridized carbons (Fsp3) is 0.118. The summed E-state index contributed by atoms with van der Waals surface area (Å²) in [4.78, 5) is 0.00613. The maximum Gasteiger partial charge on any atom is 0.238 e. The van der Waals surface area contributed by atoms with Gasteiger partial charge in [0.15, 0.2) is 11.5 Å². The van der Waals surface area contributed by atoms with Gasteiger partial charge in [-0.25, -0.2) is 27.6 Å². The van der Waals surface area contributed by atoms with Crippen molar-refractivity contribution in [1.82, 2.24) is 15.6 Å². The van der Waals surface area contributed by atoms with Gasteiger partial charge in [0.05, 0.1) is 15.6 Å². The molecule has 1 aromatic heterocycles. The van der Waals surface area contributed by atoms with Crippen molar-refractivity contribution in [2.24, 2.45) is 5.14 Å². The van der Waals surface area contributed by atoms with Crippen LogP contribution >= 0.6 is 11.6 Å². The summed E-state index contributed by atoms with van der Waals surface area (Å²) in [5, 5.41) is 34.0. The second-order valence-electron chi connectivity index (χ2n) is 6.11. The molecule has 0 fully saturated rings. The van der Waals surface area contributed by atoms with Crippen molar-refractivity contribution in [3.05, 3.63) is 70.3 Å². The first kappa shape index (κ1) is 21.8. The van der Waals surface area contributed by atoms with Crippen LogP contribution in [0.2, 0.25) is 5.02 Å². The molecule has 0 aliphatic heterocycles. The third kappa shape index (κ3) is 4.98. The molecule has 0 aliphatic rings. The van der Waals surface area contributed by atoms with Gasteiger partial charge in [-0.15, -0.1) is 0 Å². The van der Waals surface area contributed by atoms with E-state index in [0.29, 0.717) is 11.6 Å². The van der Waals surface area contributed by atoms with Crippen molar-refractivity contribution >= 4 is 33.1 Å². The fourth-order valence-corrected chi connectivity index (χ4v) is 3.16. The second-order valence-corrected chi connectivity index (χ2v) is 8.08. The van der Waals surface area contributed by atoms with E-state index in [-0.39, 0.29) is 33.5 Å². The molecule has 0 saturated heterocycles. The molecule has 2 aromatic carbocycles. The van der Waals surface area contributed by atoms with Crippen molar-refractivity contribution in [2.45, 2.75) is 18.0 Å². The quantitative estimate of drug-likeness (QED) is 0.240. The minimum atomic E-state index is -3.76. The molecule has 3 rings (SSSR count). The van der Waals surface area contributed by atoms with Gasteiger partial charge in [0.2, 0.25) is 10.0 Å². The number of primary sulfonamides is 1. The van der Waals surface area contributed by atoms with Crippen LogP contribution in [0.3, 0.4) is 0 Å². The first-order chi connectivity index (χ1) is 14.2. The number of sulfonamides is 1. The Balaban J connectivity index is 1.65. The van der Waals surface area contributed by atoms with Gasteiger partial charge in [-0.3, -0.25) is 10.6 Å². The highest BCUT2D eigenvalue weighted by Crippen LogP contribution is 2.23. The predicted octanol–water partition coefficient (Wildman–Crippen LogP) is 2.02. The standard InChI is InChI=1S/C17H16ClFN6O4S/c18-13-7-11(3-6-14(13)19)25(26)17(20)16-15(23-29-24-16)9-22-8-10-1-4-12(5-2-10)30(21,27)28/h1-7,20,22,26H,8-9H2,(H2,21,27,28). The van der Waals surface area contributed by atoms with E-state index in [1.54, 1.807) is 12.1 Å². The van der Waals surface area contributed by atoms with E-state index in [9.17, 15) is 18.0 Å². The first-order valence-electron chi connectivity index (χ1n) is 8.33. The number of aromatic nitrogens is 2. The lowest BCUT2D eigenvalue weighted by molar-refractivity contribution is 0.297. The van der Waals surface area contributed by atoms with Crippen molar-refractivity contribution in [3.63, 3.8) is 0 Å². The highest BCUT2D eigenvalue weighted by atomic mass is 35.5. The first-order valence-corrected chi connectivity index (χ1v) is 10.3. The molecule has 0 aliphatic carbocycles. The lowest BCUT2D eigenvalue weighted by Crippen LogP contribution is -2.29. The summed E-state index contributed by atoms with van der Waals surface area (Å²) in [6.45, 7) is 0.483.